The molecule has 0 saturated carbocycles. The van der Waals surface area contributed by atoms with Gasteiger partial charge in [-0.3, -0.25) is 9.59 Å². The Morgan fingerprint density at radius 1 is 1.08 bits per heavy atom. The van der Waals surface area contributed by atoms with Crippen molar-refractivity contribution in [2.45, 2.75) is 38.6 Å². The number of hydrogen-bond donors (Lipinski definition) is 2. The van der Waals surface area contributed by atoms with E-state index in [0.29, 0.717) is 36.9 Å². The fourth-order valence-electron chi connectivity index (χ4n) is 6.26. The van der Waals surface area contributed by atoms with Crippen LogP contribution in [0.2, 0.25) is 6.32 Å². The van der Waals surface area contributed by atoms with Crippen LogP contribution in [0.1, 0.15) is 52.5 Å². The minimum atomic E-state index is -0.993. The molecule has 1 aliphatic heterocycles. The van der Waals surface area contributed by atoms with Gasteiger partial charge in [-0.15, -0.1) is 0 Å². The number of ether oxygens (including phenoxy) is 1. The first-order valence-corrected chi connectivity index (χ1v) is 12.5. The Labute approximate surface area is 211 Å². The molecule has 0 radical (unpaired) electrons. The monoisotopic (exact) mass is 486 g/mol. The zero-order chi connectivity index (χ0) is 25.4. The summed E-state index contributed by atoms with van der Waals surface area (Å²) < 4.78 is 11.6. The Kier molecular flexibility index (Phi) is 6.97. The van der Waals surface area contributed by atoms with E-state index >= 15 is 0 Å². The van der Waals surface area contributed by atoms with E-state index in [0.717, 1.165) is 28.7 Å². The number of fused-ring (bicyclic) bond motifs is 4. The molecule has 2 N–H and O–H groups in total. The number of phenols is 1. The fourth-order valence-corrected chi connectivity index (χ4v) is 6.26. The van der Waals surface area contributed by atoms with Gasteiger partial charge in [0.2, 0.25) is 0 Å². The van der Waals surface area contributed by atoms with Gasteiger partial charge in [-0.05, 0) is 67.3 Å². The first-order chi connectivity index (χ1) is 17.4. The second-order valence-electron chi connectivity index (χ2n) is 10.1. The van der Waals surface area contributed by atoms with E-state index < -0.39 is 19.0 Å². The summed E-state index contributed by atoms with van der Waals surface area (Å²) in [7, 11) is 0.642. The summed E-state index contributed by atoms with van der Waals surface area (Å²) in [5.41, 5.74) is 5.17. The Morgan fingerprint density at radius 3 is 2.47 bits per heavy atom. The third-order valence-electron chi connectivity index (χ3n) is 7.79. The molecule has 186 valence electrons. The van der Waals surface area contributed by atoms with E-state index in [9.17, 15) is 19.7 Å². The lowest BCUT2D eigenvalue weighted by atomic mass is 9.54. The van der Waals surface area contributed by atoms with Crippen molar-refractivity contribution in [1.29, 1.82) is 0 Å². The minimum absolute atomic E-state index is 0.00746. The summed E-state index contributed by atoms with van der Waals surface area (Å²) in [5, 5.41) is 20.2. The number of methoxy groups -OCH3 is 1. The SMILES string of the molecule is COCC1=C2[C@@H](CC/C(C)=C/c3ccc(O)cc3)OB(O)C[C@@H]2[C@@H]2C(=O)c3ccccc3C(=O)[C@@H]2C1. The zero-order valence-electron chi connectivity index (χ0n) is 20.6. The van der Waals surface area contributed by atoms with Crippen molar-refractivity contribution < 1.29 is 29.1 Å². The molecule has 0 spiro atoms. The Morgan fingerprint density at radius 2 is 1.78 bits per heavy atom. The van der Waals surface area contributed by atoms with Gasteiger partial charge in [0.05, 0.1) is 12.7 Å². The summed E-state index contributed by atoms with van der Waals surface area (Å²) in [6.07, 6.45) is 3.86. The molecule has 3 aliphatic rings. The van der Waals surface area contributed by atoms with Crippen LogP contribution in [0, 0.1) is 17.8 Å². The maximum absolute atomic E-state index is 13.7. The van der Waals surface area contributed by atoms with Crippen LogP contribution in [0.15, 0.2) is 65.3 Å². The third kappa shape index (κ3) is 4.59. The van der Waals surface area contributed by atoms with Gasteiger partial charge in [0, 0.05) is 30.1 Å². The highest BCUT2D eigenvalue weighted by Crippen LogP contribution is 2.50. The van der Waals surface area contributed by atoms with Crippen molar-refractivity contribution in [3.8, 4) is 5.75 Å². The Bertz CT molecular complexity index is 1230. The normalized spacial score (nSPS) is 26.0. The zero-order valence-corrected chi connectivity index (χ0v) is 20.6. The highest BCUT2D eigenvalue weighted by Gasteiger charge is 2.53. The Balaban J connectivity index is 1.45. The number of benzene rings is 2. The van der Waals surface area contributed by atoms with Crippen molar-refractivity contribution in [2.24, 2.45) is 17.8 Å². The van der Waals surface area contributed by atoms with Gasteiger partial charge < -0.3 is 19.5 Å². The smallest absolute Gasteiger partial charge is 0.455 e. The molecule has 2 aliphatic carbocycles. The average Bonchev–Trinajstić information content (AvgIpc) is 2.87. The lowest BCUT2D eigenvalue weighted by Crippen LogP contribution is -2.51. The van der Waals surface area contributed by atoms with E-state index in [1.165, 1.54) is 0 Å². The number of ketones is 2. The van der Waals surface area contributed by atoms with Crippen LogP contribution in [-0.4, -0.2) is 48.6 Å². The minimum Gasteiger partial charge on any atom is -0.508 e. The predicted octanol–water partition coefficient (Wildman–Crippen LogP) is 4.73. The van der Waals surface area contributed by atoms with Crippen LogP contribution in [-0.2, 0) is 9.39 Å². The van der Waals surface area contributed by atoms with E-state index in [2.05, 4.69) is 6.08 Å². The summed E-state index contributed by atoms with van der Waals surface area (Å²) in [6, 6.07) is 14.1. The third-order valence-corrected chi connectivity index (χ3v) is 7.79. The fraction of sp³-hybridized carbons (Fsp3) is 0.379. The van der Waals surface area contributed by atoms with Gasteiger partial charge >= 0.3 is 7.12 Å². The van der Waals surface area contributed by atoms with Gasteiger partial charge in [0.25, 0.3) is 0 Å². The maximum atomic E-state index is 13.7. The lowest BCUT2D eigenvalue weighted by molar-refractivity contribution is 0.0584. The van der Waals surface area contributed by atoms with Crippen LogP contribution in [0.3, 0.4) is 0 Å². The predicted molar refractivity (Wildman–Crippen MR) is 138 cm³/mol. The molecule has 0 unspecified atom stereocenters. The van der Waals surface area contributed by atoms with E-state index in [1.54, 1.807) is 43.5 Å². The van der Waals surface area contributed by atoms with Gasteiger partial charge in [-0.25, -0.2) is 0 Å². The number of allylic oxidation sites excluding steroid dienone is 1. The molecular weight excluding hydrogens is 455 g/mol. The molecule has 7 heteroatoms. The summed E-state index contributed by atoms with van der Waals surface area (Å²) >= 11 is 0. The first-order valence-electron chi connectivity index (χ1n) is 12.5. The van der Waals surface area contributed by atoms with Gasteiger partial charge in [-0.1, -0.05) is 48.0 Å². The summed E-state index contributed by atoms with van der Waals surface area (Å²) in [6.45, 7) is 2.42. The second-order valence-corrected chi connectivity index (χ2v) is 10.1. The number of carbonyl (C=O) groups is 2. The van der Waals surface area contributed by atoms with Crippen LogP contribution < -0.4 is 0 Å². The molecule has 2 aromatic rings. The van der Waals surface area contributed by atoms with Crippen molar-refractivity contribution in [2.75, 3.05) is 13.7 Å². The number of Topliss-reactive ketones (excluding diaryl/α,β-unsaturated/α-hetero) is 2. The van der Waals surface area contributed by atoms with E-state index in [4.69, 9.17) is 9.39 Å². The highest BCUT2D eigenvalue weighted by molar-refractivity contribution is 6.43. The topological polar surface area (TPSA) is 93.1 Å². The standard InChI is InChI=1S/C29H31BO6/c1-17(13-18-8-10-20(31)11-9-18)7-12-25-26-19(16-35-2)14-23-27(24(26)15-30(34)36-25)29(33)22-6-4-3-5-21(22)28(23)32/h3-6,8-11,13,23-25,27,31,34H,7,12,14-16H2,1-2H3/b17-13+/t23-,24+,25-,27-/m1/s1. The van der Waals surface area contributed by atoms with Crippen molar-refractivity contribution in [3.63, 3.8) is 0 Å². The van der Waals surface area contributed by atoms with Crippen LogP contribution in [0.25, 0.3) is 6.08 Å². The number of carbonyl (C=O) groups excluding carboxylic acids is 2. The van der Waals surface area contributed by atoms with Gasteiger partial charge in [-0.2, -0.15) is 0 Å². The molecule has 4 atom stereocenters. The van der Waals surface area contributed by atoms with Gasteiger partial charge in [0.15, 0.2) is 11.6 Å². The Hall–Kier alpha value is -3.00. The molecule has 0 amide bonds. The maximum Gasteiger partial charge on any atom is 0.455 e. The van der Waals surface area contributed by atoms with Crippen molar-refractivity contribution in [3.05, 3.63) is 81.9 Å². The average molecular weight is 486 g/mol. The van der Waals surface area contributed by atoms with Crippen LogP contribution >= 0.6 is 0 Å². The number of aromatic hydroxyl groups is 1. The molecule has 0 aromatic heterocycles. The van der Waals surface area contributed by atoms with Crippen LogP contribution in [0.4, 0.5) is 0 Å². The molecule has 1 heterocycles. The molecule has 1 saturated heterocycles. The van der Waals surface area contributed by atoms with Crippen LogP contribution in [0.5, 0.6) is 5.75 Å². The quantitative estimate of drug-likeness (QED) is 0.453. The molecule has 6 nitrogen and oxygen atoms in total. The van der Waals surface area contributed by atoms with Gasteiger partial charge in [0.1, 0.15) is 5.75 Å². The van der Waals surface area contributed by atoms with E-state index in [-0.39, 0.29) is 29.3 Å². The molecule has 0 bridgehead atoms. The molecule has 1 fully saturated rings. The largest absolute Gasteiger partial charge is 0.508 e. The lowest BCUT2D eigenvalue weighted by Gasteiger charge is -2.47. The van der Waals surface area contributed by atoms with Crippen molar-refractivity contribution in [1.82, 2.24) is 0 Å². The number of rotatable bonds is 6. The molecule has 2 aromatic carbocycles. The summed E-state index contributed by atoms with van der Waals surface area (Å²) in [4.78, 5) is 27.1. The summed E-state index contributed by atoms with van der Waals surface area (Å²) in [5.74, 6) is -0.953. The molecular formula is C29H31BO6. The molecule has 36 heavy (non-hydrogen) atoms. The molecule has 5 rings (SSSR count). The first kappa shape index (κ1) is 24.7. The second kappa shape index (κ2) is 10.2. The van der Waals surface area contributed by atoms with E-state index in [1.807, 2.05) is 19.1 Å². The number of hydrogen-bond acceptors (Lipinski definition) is 6. The van der Waals surface area contributed by atoms with Crippen molar-refractivity contribution >= 4 is 24.8 Å². The highest BCUT2D eigenvalue weighted by atomic mass is 16.5. The number of phenolic OH excluding ortho intramolecular Hbond substituents is 1.